The van der Waals surface area contributed by atoms with Crippen molar-refractivity contribution in [3.63, 3.8) is 0 Å². The van der Waals surface area contributed by atoms with Crippen molar-refractivity contribution in [3.8, 4) is 0 Å². The zero-order valence-corrected chi connectivity index (χ0v) is 13.1. The SMILES string of the molecule is CC(=CCC(C)(C)CC(C)O)CC(C)(C)CCO. The molecule has 0 aliphatic rings. The molecule has 2 N–H and O–H groups in total. The topological polar surface area (TPSA) is 40.5 Å². The number of aliphatic hydroxyl groups is 2. The van der Waals surface area contributed by atoms with Crippen LogP contribution >= 0.6 is 0 Å². The monoisotopic (exact) mass is 256 g/mol. The van der Waals surface area contributed by atoms with Gasteiger partial charge in [0, 0.05) is 6.61 Å². The van der Waals surface area contributed by atoms with Crippen molar-refractivity contribution < 1.29 is 10.2 Å². The molecule has 0 aromatic carbocycles. The van der Waals surface area contributed by atoms with Gasteiger partial charge in [-0.15, -0.1) is 0 Å². The van der Waals surface area contributed by atoms with E-state index in [-0.39, 0.29) is 23.5 Å². The van der Waals surface area contributed by atoms with Crippen LogP contribution in [-0.4, -0.2) is 22.9 Å². The summed E-state index contributed by atoms with van der Waals surface area (Å²) in [4.78, 5) is 0. The van der Waals surface area contributed by atoms with Gasteiger partial charge in [0.1, 0.15) is 0 Å². The van der Waals surface area contributed by atoms with Crippen LogP contribution in [0.1, 0.15) is 67.2 Å². The summed E-state index contributed by atoms with van der Waals surface area (Å²) in [5, 5.41) is 18.5. The minimum atomic E-state index is -0.237. The van der Waals surface area contributed by atoms with Crippen LogP contribution in [-0.2, 0) is 0 Å². The van der Waals surface area contributed by atoms with Gasteiger partial charge in [-0.2, -0.15) is 0 Å². The third-order valence-corrected chi connectivity index (χ3v) is 3.40. The minimum absolute atomic E-state index is 0.149. The summed E-state index contributed by atoms with van der Waals surface area (Å²) < 4.78 is 0. The Kier molecular flexibility index (Phi) is 7.16. The molecule has 1 unspecified atom stereocenters. The van der Waals surface area contributed by atoms with E-state index < -0.39 is 0 Å². The fourth-order valence-corrected chi connectivity index (χ4v) is 2.55. The molecule has 0 bridgehead atoms. The molecule has 0 rings (SSSR count). The molecule has 2 nitrogen and oxygen atoms in total. The molecule has 108 valence electrons. The Hall–Kier alpha value is -0.340. The summed E-state index contributed by atoms with van der Waals surface area (Å²) in [7, 11) is 0. The highest BCUT2D eigenvalue weighted by Crippen LogP contribution is 2.31. The average molecular weight is 256 g/mol. The molecular weight excluding hydrogens is 224 g/mol. The van der Waals surface area contributed by atoms with E-state index in [4.69, 9.17) is 5.11 Å². The molecule has 0 radical (unpaired) electrons. The summed E-state index contributed by atoms with van der Waals surface area (Å²) in [5.74, 6) is 0. The maximum absolute atomic E-state index is 9.46. The number of hydrogen-bond acceptors (Lipinski definition) is 2. The molecular formula is C16H32O2. The molecule has 1 atom stereocenters. The number of hydrogen-bond donors (Lipinski definition) is 2. The minimum Gasteiger partial charge on any atom is -0.396 e. The van der Waals surface area contributed by atoms with E-state index in [0.29, 0.717) is 0 Å². The van der Waals surface area contributed by atoms with Crippen molar-refractivity contribution in [2.45, 2.75) is 73.3 Å². The molecule has 0 saturated heterocycles. The molecule has 2 heteroatoms. The molecule has 0 aliphatic heterocycles. The predicted molar refractivity (Wildman–Crippen MR) is 78.6 cm³/mol. The molecule has 18 heavy (non-hydrogen) atoms. The molecule has 0 heterocycles. The van der Waals surface area contributed by atoms with E-state index in [1.807, 2.05) is 6.92 Å². The van der Waals surface area contributed by atoms with Crippen molar-refractivity contribution in [1.82, 2.24) is 0 Å². The molecule has 0 aliphatic carbocycles. The quantitative estimate of drug-likeness (QED) is 0.646. The standard InChI is InChI=1S/C16H32O2/c1-13(11-16(5,6)9-10-17)7-8-15(3,4)12-14(2)18/h7,14,17-18H,8-12H2,1-6H3. The van der Waals surface area contributed by atoms with E-state index in [0.717, 1.165) is 25.7 Å². The van der Waals surface area contributed by atoms with Gasteiger partial charge in [-0.05, 0) is 50.4 Å². The summed E-state index contributed by atoms with van der Waals surface area (Å²) >= 11 is 0. The van der Waals surface area contributed by atoms with Gasteiger partial charge in [0.25, 0.3) is 0 Å². The molecule has 0 saturated carbocycles. The molecule has 0 aromatic heterocycles. The lowest BCUT2D eigenvalue weighted by Crippen LogP contribution is -2.18. The highest BCUT2D eigenvalue weighted by molar-refractivity contribution is 5.03. The van der Waals surface area contributed by atoms with Crippen molar-refractivity contribution in [2.75, 3.05) is 6.61 Å². The first-order valence-electron chi connectivity index (χ1n) is 7.02. The average Bonchev–Trinajstić information content (AvgIpc) is 2.11. The Bertz CT molecular complexity index is 262. The van der Waals surface area contributed by atoms with E-state index in [9.17, 15) is 5.11 Å². The zero-order chi connectivity index (χ0) is 14.4. The maximum atomic E-state index is 9.46. The third kappa shape index (κ3) is 8.71. The van der Waals surface area contributed by atoms with Gasteiger partial charge in [-0.3, -0.25) is 0 Å². The normalized spacial score (nSPS) is 15.9. The van der Waals surface area contributed by atoms with Crippen molar-refractivity contribution in [2.24, 2.45) is 10.8 Å². The lowest BCUT2D eigenvalue weighted by atomic mass is 9.80. The fraction of sp³-hybridized carbons (Fsp3) is 0.875. The first-order valence-corrected chi connectivity index (χ1v) is 7.02. The van der Waals surface area contributed by atoms with E-state index in [1.165, 1.54) is 5.57 Å². The summed E-state index contributed by atoms with van der Waals surface area (Å²) in [6.45, 7) is 13.1. The number of allylic oxidation sites excluding steroid dienone is 2. The second-order valence-electron chi connectivity index (χ2n) is 7.29. The summed E-state index contributed by atoms with van der Waals surface area (Å²) in [5.41, 5.74) is 1.70. The Labute approximate surface area is 113 Å². The van der Waals surface area contributed by atoms with Crippen LogP contribution in [0, 0.1) is 10.8 Å². The summed E-state index contributed by atoms with van der Waals surface area (Å²) in [6.07, 6.45) is 5.75. The van der Waals surface area contributed by atoms with Gasteiger partial charge in [-0.1, -0.05) is 39.3 Å². The van der Waals surface area contributed by atoms with Crippen molar-refractivity contribution >= 4 is 0 Å². The highest BCUT2D eigenvalue weighted by Gasteiger charge is 2.20. The fourth-order valence-electron chi connectivity index (χ4n) is 2.55. The van der Waals surface area contributed by atoms with E-state index >= 15 is 0 Å². The molecule has 0 spiro atoms. The molecule has 0 fully saturated rings. The van der Waals surface area contributed by atoms with Gasteiger partial charge < -0.3 is 10.2 Å². The van der Waals surface area contributed by atoms with Gasteiger partial charge >= 0.3 is 0 Å². The van der Waals surface area contributed by atoms with Gasteiger partial charge in [0.05, 0.1) is 6.10 Å². The van der Waals surface area contributed by atoms with Crippen LogP contribution in [0.2, 0.25) is 0 Å². The van der Waals surface area contributed by atoms with Crippen molar-refractivity contribution in [3.05, 3.63) is 11.6 Å². The Morgan fingerprint density at radius 3 is 2.17 bits per heavy atom. The van der Waals surface area contributed by atoms with Gasteiger partial charge in [0.2, 0.25) is 0 Å². The van der Waals surface area contributed by atoms with Crippen molar-refractivity contribution in [1.29, 1.82) is 0 Å². The van der Waals surface area contributed by atoms with Crippen LogP contribution < -0.4 is 0 Å². The maximum Gasteiger partial charge on any atom is 0.0517 e. The lowest BCUT2D eigenvalue weighted by Gasteiger charge is -2.27. The largest absolute Gasteiger partial charge is 0.396 e. The third-order valence-electron chi connectivity index (χ3n) is 3.40. The summed E-state index contributed by atoms with van der Waals surface area (Å²) in [6, 6.07) is 0. The number of rotatable bonds is 8. The Morgan fingerprint density at radius 1 is 1.17 bits per heavy atom. The van der Waals surface area contributed by atoms with Crippen LogP contribution in [0.25, 0.3) is 0 Å². The van der Waals surface area contributed by atoms with Crippen LogP contribution in [0.15, 0.2) is 11.6 Å². The van der Waals surface area contributed by atoms with Crippen LogP contribution in [0.3, 0.4) is 0 Å². The van der Waals surface area contributed by atoms with E-state index in [1.54, 1.807) is 0 Å². The second-order valence-corrected chi connectivity index (χ2v) is 7.29. The Balaban J connectivity index is 4.34. The highest BCUT2D eigenvalue weighted by atomic mass is 16.3. The van der Waals surface area contributed by atoms with Gasteiger partial charge in [0.15, 0.2) is 0 Å². The van der Waals surface area contributed by atoms with Crippen LogP contribution in [0.5, 0.6) is 0 Å². The van der Waals surface area contributed by atoms with Gasteiger partial charge in [-0.25, -0.2) is 0 Å². The molecule has 0 aromatic rings. The van der Waals surface area contributed by atoms with Crippen LogP contribution in [0.4, 0.5) is 0 Å². The first kappa shape index (κ1) is 17.7. The second kappa shape index (κ2) is 7.30. The molecule has 0 amide bonds. The zero-order valence-electron chi connectivity index (χ0n) is 13.1. The first-order chi connectivity index (χ1) is 8.08. The predicted octanol–water partition coefficient (Wildman–Crippen LogP) is 3.92. The number of aliphatic hydroxyl groups excluding tert-OH is 2. The lowest BCUT2D eigenvalue weighted by molar-refractivity contribution is 0.130. The Morgan fingerprint density at radius 2 is 1.72 bits per heavy atom. The van der Waals surface area contributed by atoms with E-state index in [2.05, 4.69) is 40.7 Å². The smallest absolute Gasteiger partial charge is 0.0517 e.